The van der Waals surface area contributed by atoms with E-state index in [1.165, 1.54) is 24.3 Å². The summed E-state index contributed by atoms with van der Waals surface area (Å²) in [5.41, 5.74) is 0.246. The third-order valence-electron chi connectivity index (χ3n) is 3.14. The van der Waals surface area contributed by atoms with Gasteiger partial charge in [0.05, 0.1) is 27.8 Å². The van der Waals surface area contributed by atoms with Crippen molar-refractivity contribution in [3.05, 3.63) is 29.8 Å². The van der Waals surface area contributed by atoms with Crippen LogP contribution >= 0.6 is 11.6 Å². The minimum absolute atomic E-state index is 0.109. The fraction of sp³-hybridized carbons (Fsp3) is 0.417. The Kier molecular flexibility index (Phi) is 4.32. The van der Waals surface area contributed by atoms with Gasteiger partial charge in [0.1, 0.15) is 0 Å². The van der Waals surface area contributed by atoms with Gasteiger partial charge >= 0.3 is 0 Å². The first-order valence-electron chi connectivity index (χ1n) is 6.04. The van der Waals surface area contributed by atoms with E-state index >= 15 is 0 Å². The molecular formula is C12H14ClNO5S2. The predicted molar refractivity (Wildman–Crippen MR) is 79.1 cm³/mol. The van der Waals surface area contributed by atoms with Crippen LogP contribution in [0.1, 0.15) is 10.4 Å². The van der Waals surface area contributed by atoms with Crippen LogP contribution in [0.25, 0.3) is 0 Å². The number of alkyl halides is 1. The molecule has 0 spiro atoms. The minimum atomic E-state index is -3.32. The van der Waals surface area contributed by atoms with Crippen molar-refractivity contribution < 1.29 is 21.6 Å². The predicted octanol–water partition coefficient (Wildman–Crippen LogP) is 0.224. The van der Waals surface area contributed by atoms with Gasteiger partial charge in [-0.05, 0) is 24.3 Å². The zero-order valence-electron chi connectivity index (χ0n) is 11.1. The van der Waals surface area contributed by atoms with Gasteiger partial charge in [0, 0.05) is 11.8 Å². The smallest absolute Gasteiger partial charge is 0.251 e. The van der Waals surface area contributed by atoms with Crippen LogP contribution in [0.5, 0.6) is 0 Å². The lowest BCUT2D eigenvalue weighted by Crippen LogP contribution is -2.40. The Hall–Kier alpha value is -1.12. The molecule has 1 amide bonds. The average molecular weight is 352 g/mol. The van der Waals surface area contributed by atoms with Crippen LogP contribution in [-0.4, -0.2) is 51.9 Å². The van der Waals surface area contributed by atoms with Crippen molar-refractivity contribution >= 4 is 37.2 Å². The van der Waals surface area contributed by atoms with E-state index in [0.717, 1.165) is 6.26 Å². The Bertz CT molecular complexity index is 755. The lowest BCUT2D eigenvalue weighted by molar-refractivity contribution is 0.0941. The van der Waals surface area contributed by atoms with Crippen molar-refractivity contribution in [3.8, 4) is 0 Å². The highest BCUT2D eigenvalue weighted by atomic mass is 35.5. The third-order valence-corrected chi connectivity index (χ3v) is 6.65. The van der Waals surface area contributed by atoms with Crippen LogP contribution in [0, 0.1) is 0 Å². The largest absolute Gasteiger partial charge is 0.347 e. The Morgan fingerprint density at radius 3 is 2.24 bits per heavy atom. The molecule has 1 aromatic rings. The van der Waals surface area contributed by atoms with Crippen molar-refractivity contribution in [2.75, 3.05) is 17.8 Å². The maximum atomic E-state index is 12.0. The molecule has 0 aliphatic carbocycles. The lowest BCUT2D eigenvalue weighted by atomic mass is 10.2. The van der Waals surface area contributed by atoms with Crippen molar-refractivity contribution in [1.29, 1.82) is 0 Å². The molecule has 0 bridgehead atoms. The molecule has 21 heavy (non-hydrogen) atoms. The molecule has 2 unspecified atom stereocenters. The van der Waals surface area contributed by atoms with Gasteiger partial charge in [0.25, 0.3) is 5.91 Å². The van der Waals surface area contributed by atoms with E-state index in [9.17, 15) is 21.6 Å². The molecule has 0 saturated carbocycles. The van der Waals surface area contributed by atoms with E-state index in [4.69, 9.17) is 11.6 Å². The number of halogens is 1. The van der Waals surface area contributed by atoms with Crippen LogP contribution in [0.2, 0.25) is 0 Å². The molecule has 1 fully saturated rings. The van der Waals surface area contributed by atoms with Crippen LogP contribution in [0.15, 0.2) is 29.2 Å². The number of carbonyl (C=O) groups is 1. The lowest BCUT2D eigenvalue weighted by Gasteiger charge is -2.14. The summed E-state index contributed by atoms with van der Waals surface area (Å²) in [6, 6.07) is 4.76. The zero-order valence-corrected chi connectivity index (χ0v) is 13.5. The average Bonchev–Trinajstić information content (AvgIpc) is 2.61. The molecule has 2 atom stereocenters. The van der Waals surface area contributed by atoms with Crippen LogP contribution in [-0.2, 0) is 19.7 Å². The summed E-state index contributed by atoms with van der Waals surface area (Å²) in [5.74, 6) is -0.830. The molecule has 9 heteroatoms. The molecule has 1 N–H and O–H groups in total. The normalized spacial score (nSPS) is 24.7. The van der Waals surface area contributed by atoms with Gasteiger partial charge in [-0.3, -0.25) is 4.79 Å². The Morgan fingerprint density at radius 1 is 1.24 bits per heavy atom. The Labute approximate surface area is 128 Å². The number of rotatable bonds is 3. The number of amides is 1. The molecule has 6 nitrogen and oxygen atoms in total. The summed E-state index contributed by atoms with van der Waals surface area (Å²) in [6.07, 6.45) is 1.07. The summed E-state index contributed by atoms with van der Waals surface area (Å²) in [4.78, 5) is 12.1. The standard InChI is InChI=1S/C12H14ClNO5S2/c1-20(16,17)9-4-2-8(3-5-9)12(15)14-11-7-21(18,19)6-10(11)13/h2-5,10-11H,6-7H2,1H3,(H,14,15). The summed E-state index contributed by atoms with van der Waals surface area (Å²) >= 11 is 5.91. The fourth-order valence-corrected chi connectivity index (χ4v) is 5.22. The van der Waals surface area contributed by atoms with Crippen molar-refractivity contribution in [2.45, 2.75) is 16.3 Å². The van der Waals surface area contributed by atoms with Crippen LogP contribution in [0.4, 0.5) is 0 Å². The SMILES string of the molecule is CS(=O)(=O)c1ccc(C(=O)NC2CS(=O)(=O)CC2Cl)cc1. The second-order valence-electron chi connectivity index (χ2n) is 4.97. The summed E-state index contributed by atoms with van der Waals surface area (Å²) in [5, 5.41) is 1.90. The molecule has 116 valence electrons. The van der Waals surface area contributed by atoms with E-state index in [2.05, 4.69) is 5.32 Å². The summed E-state index contributed by atoms with van der Waals surface area (Å²) in [6.45, 7) is 0. The first-order chi connectivity index (χ1) is 9.58. The van der Waals surface area contributed by atoms with Gasteiger partial charge in [0.15, 0.2) is 19.7 Å². The van der Waals surface area contributed by atoms with Gasteiger partial charge in [-0.25, -0.2) is 16.8 Å². The fourth-order valence-electron chi connectivity index (χ4n) is 2.04. The Balaban J connectivity index is 2.11. The van der Waals surface area contributed by atoms with E-state index in [1.54, 1.807) is 0 Å². The first kappa shape index (κ1) is 16.3. The maximum absolute atomic E-state index is 12.0. The molecule has 1 aliphatic rings. The Morgan fingerprint density at radius 2 is 1.81 bits per heavy atom. The second kappa shape index (κ2) is 5.58. The molecular weight excluding hydrogens is 338 g/mol. The van der Waals surface area contributed by atoms with E-state index in [0.29, 0.717) is 0 Å². The molecule has 1 saturated heterocycles. The first-order valence-corrected chi connectivity index (χ1v) is 10.2. The molecule has 2 rings (SSSR count). The van der Waals surface area contributed by atoms with Gasteiger partial charge in [0.2, 0.25) is 0 Å². The minimum Gasteiger partial charge on any atom is -0.347 e. The number of sulfone groups is 2. The summed E-state index contributed by atoms with van der Waals surface area (Å²) in [7, 11) is -6.55. The summed E-state index contributed by atoms with van der Waals surface area (Å²) < 4.78 is 45.5. The number of benzene rings is 1. The zero-order chi connectivity index (χ0) is 15.8. The second-order valence-corrected chi connectivity index (χ2v) is 9.70. The topological polar surface area (TPSA) is 97.4 Å². The highest BCUT2D eigenvalue weighted by Gasteiger charge is 2.37. The van der Waals surface area contributed by atoms with Gasteiger partial charge in [-0.1, -0.05) is 0 Å². The maximum Gasteiger partial charge on any atom is 0.251 e. The van der Waals surface area contributed by atoms with Crippen molar-refractivity contribution in [1.82, 2.24) is 5.32 Å². The van der Waals surface area contributed by atoms with Gasteiger partial charge in [-0.2, -0.15) is 0 Å². The monoisotopic (exact) mass is 351 g/mol. The highest BCUT2D eigenvalue weighted by Crippen LogP contribution is 2.18. The molecule has 0 radical (unpaired) electrons. The molecule has 1 heterocycles. The van der Waals surface area contributed by atoms with E-state index in [-0.39, 0.29) is 22.0 Å². The molecule has 0 aromatic heterocycles. The van der Waals surface area contributed by atoms with Crippen molar-refractivity contribution in [2.24, 2.45) is 0 Å². The van der Waals surface area contributed by atoms with Crippen molar-refractivity contribution in [3.63, 3.8) is 0 Å². The third kappa shape index (κ3) is 3.96. The number of carbonyl (C=O) groups excluding carboxylic acids is 1. The van der Waals surface area contributed by atoms with Gasteiger partial charge < -0.3 is 5.32 Å². The number of nitrogens with one attached hydrogen (secondary N) is 1. The number of hydrogen-bond donors (Lipinski definition) is 1. The quantitative estimate of drug-likeness (QED) is 0.786. The van der Waals surface area contributed by atoms with E-state index < -0.39 is 37.0 Å². The highest BCUT2D eigenvalue weighted by molar-refractivity contribution is 7.91. The molecule has 1 aliphatic heterocycles. The van der Waals surface area contributed by atoms with Crippen LogP contribution < -0.4 is 5.32 Å². The van der Waals surface area contributed by atoms with Gasteiger partial charge in [-0.15, -0.1) is 11.6 Å². The van der Waals surface area contributed by atoms with Crippen LogP contribution in [0.3, 0.4) is 0 Å². The van der Waals surface area contributed by atoms with E-state index in [1.807, 2.05) is 0 Å². The number of hydrogen-bond acceptors (Lipinski definition) is 5. The molecule has 1 aromatic carbocycles.